The maximum absolute atomic E-state index is 10.7. The molecule has 0 N–H and O–H groups in total. The van der Waals surface area contributed by atoms with E-state index in [0.717, 1.165) is 24.7 Å². The summed E-state index contributed by atoms with van der Waals surface area (Å²) in [6.45, 7) is 2.05. The van der Waals surface area contributed by atoms with E-state index in [1.807, 2.05) is 13.0 Å². The Morgan fingerprint density at radius 3 is 2.92 bits per heavy atom. The fourth-order valence-corrected chi connectivity index (χ4v) is 2.01. The minimum absolute atomic E-state index is 0.905. The third-order valence-corrected chi connectivity index (χ3v) is 2.52. The summed E-state index contributed by atoms with van der Waals surface area (Å²) in [5.74, 6) is 0. The maximum atomic E-state index is 10.7. The van der Waals surface area contributed by atoms with Gasteiger partial charge in [0.1, 0.15) is 6.29 Å². The molecule has 0 aromatic heterocycles. The van der Waals surface area contributed by atoms with Crippen LogP contribution < -0.4 is 0 Å². The van der Waals surface area contributed by atoms with Crippen LogP contribution in [0.2, 0.25) is 0 Å². The Bertz CT molecular complexity index is 326. The van der Waals surface area contributed by atoms with E-state index < -0.39 is 0 Å². The van der Waals surface area contributed by atoms with Crippen LogP contribution in [0.15, 0.2) is 12.1 Å². The number of hydrogen-bond acceptors (Lipinski definition) is 1. The molecule has 1 aliphatic rings. The van der Waals surface area contributed by atoms with Crippen molar-refractivity contribution in [1.82, 2.24) is 0 Å². The SMILES string of the molecule is Cc1cc(C=O)c2c(c1)CCC2. The first-order valence-corrected chi connectivity index (χ1v) is 4.39. The van der Waals surface area contributed by atoms with Crippen LogP contribution >= 0.6 is 0 Å². The third kappa shape index (κ3) is 1.06. The van der Waals surface area contributed by atoms with Crippen LogP contribution in [0.3, 0.4) is 0 Å². The average Bonchev–Trinajstić information content (AvgIpc) is 2.50. The molecule has 1 heteroatoms. The van der Waals surface area contributed by atoms with E-state index in [0.29, 0.717) is 0 Å². The van der Waals surface area contributed by atoms with Crippen LogP contribution in [0, 0.1) is 6.92 Å². The van der Waals surface area contributed by atoms with Crippen molar-refractivity contribution in [3.05, 3.63) is 34.4 Å². The molecule has 0 amide bonds. The number of aldehydes is 1. The highest BCUT2D eigenvalue weighted by Crippen LogP contribution is 2.25. The summed E-state index contributed by atoms with van der Waals surface area (Å²) < 4.78 is 0. The summed E-state index contributed by atoms with van der Waals surface area (Å²) in [5, 5.41) is 0. The van der Waals surface area contributed by atoms with Gasteiger partial charge in [0.15, 0.2) is 0 Å². The van der Waals surface area contributed by atoms with Crippen molar-refractivity contribution in [2.75, 3.05) is 0 Å². The molecule has 0 saturated heterocycles. The van der Waals surface area contributed by atoms with E-state index in [1.165, 1.54) is 23.1 Å². The largest absolute Gasteiger partial charge is 0.298 e. The summed E-state index contributed by atoms with van der Waals surface area (Å²) in [6, 6.07) is 4.19. The zero-order chi connectivity index (χ0) is 8.55. The predicted molar refractivity (Wildman–Crippen MR) is 48.6 cm³/mol. The van der Waals surface area contributed by atoms with Crippen LogP contribution in [0.1, 0.15) is 33.5 Å². The van der Waals surface area contributed by atoms with E-state index in [1.54, 1.807) is 0 Å². The van der Waals surface area contributed by atoms with Crippen LogP contribution in [0.25, 0.3) is 0 Å². The molecule has 0 spiro atoms. The summed E-state index contributed by atoms with van der Waals surface area (Å²) in [5.41, 5.74) is 4.79. The highest BCUT2D eigenvalue weighted by Gasteiger charge is 2.14. The molecule has 0 fully saturated rings. The summed E-state index contributed by atoms with van der Waals surface area (Å²) in [6.07, 6.45) is 4.43. The second-order valence-electron chi connectivity index (χ2n) is 3.46. The molecule has 62 valence electrons. The van der Waals surface area contributed by atoms with Crippen molar-refractivity contribution in [1.29, 1.82) is 0 Å². The van der Waals surface area contributed by atoms with Crippen LogP contribution in [0.5, 0.6) is 0 Å². The summed E-state index contributed by atoms with van der Waals surface area (Å²) in [7, 11) is 0. The third-order valence-electron chi connectivity index (χ3n) is 2.52. The molecular formula is C11H12O. The molecule has 1 aliphatic carbocycles. The molecule has 0 aliphatic heterocycles. The number of carbonyl (C=O) groups excluding carboxylic acids is 1. The Morgan fingerprint density at radius 1 is 1.33 bits per heavy atom. The lowest BCUT2D eigenvalue weighted by atomic mass is 10.0. The number of rotatable bonds is 1. The second-order valence-corrected chi connectivity index (χ2v) is 3.46. The lowest BCUT2D eigenvalue weighted by Gasteiger charge is -2.03. The van der Waals surface area contributed by atoms with Gasteiger partial charge in [0.05, 0.1) is 0 Å². The van der Waals surface area contributed by atoms with E-state index in [-0.39, 0.29) is 0 Å². The predicted octanol–water partition coefficient (Wildman–Crippen LogP) is 2.30. The topological polar surface area (TPSA) is 17.1 Å². The molecule has 2 rings (SSSR count). The first kappa shape index (κ1) is 7.53. The molecule has 12 heavy (non-hydrogen) atoms. The highest BCUT2D eigenvalue weighted by atomic mass is 16.1. The smallest absolute Gasteiger partial charge is 0.150 e. The van der Waals surface area contributed by atoms with Crippen molar-refractivity contribution < 1.29 is 4.79 Å². The molecule has 1 aromatic carbocycles. The van der Waals surface area contributed by atoms with Gasteiger partial charge in [0.2, 0.25) is 0 Å². The Labute approximate surface area is 72.4 Å². The van der Waals surface area contributed by atoms with Crippen molar-refractivity contribution >= 4 is 6.29 Å². The highest BCUT2D eigenvalue weighted by molar-refractivity contribution is 5.78. The quantitative estimate of drug-likeness (QED) is 0.576. The van der Waals surface area contributed by atoms with Gasteiger partial charge in [-0.15, -0.1) is 0 Å². The lowest BCUT2D eigenvalue weighted by molar-refractivity contribution is 0.112. The molecule has 0 unspecified atom stereocenters. The van der Waals surface area contributed by atoms with Gasteiger partial charge in [0, 0.05) is 5.56 Å². The Kier molecular flexibility index (Phi) is 1.72. The normalized spacial score (nSPS) is 14.4. The first-order chi connectivity index (χ1) is 5.81. The number of hydrogen-bond donors (Lipinski definition) is 0. The zero-order valence-electron chi connectivity index (χ0n) is 7.26. The van der Waals surface area contributed by atoms with Gasteiger partial charge in [-0.25, -0.2) is 0 Å². The van der Waals surface area contributed by atoms with Crippen molar-refractivity contribution in [2.24, 2.45) is 0 Å². The van der Waals surface area contributed by atoms with Gasteiger partial charge < -0.3 is 0 Å². The molecule has 0 saturated carbocycles. The Hall–Kier alpha value is -1.11. The van der Waals surface area contributed by atoms with E-state index in [4.69, 9.17) is 0 Å². The number of benzene rings is 1. The van der Waals surface area contributed by atoms with Gasteiger partial charge in [-0.2, -0.15) is 0 Å². The monoisotopic (exact) mass is 160 g/mol. The summed E-state index contributed by atoms with van der Waals surface area (Å²) in [4.78, 5) is 10.7. The Balaban J connectivity index is 2.62. The van der Waals surface area contributed by atoms with Gasteiger partial charge in [0.25, 0.3) is 0 Å². The number of carbonyl (C=O) groups is 1. The molecule has 0 atom stereocenters. The van der Waals surface area contributed by atoms with E-state index in [2.05, 4.69) is 6.07 Å². The minimum atomic E-state index is 0.905. The van der Waals surface area contributed by atoms with Gasteiger partial charge in [-0.05, 0) is 43.4 Å². The van der Waals surface area contributed by atoms with Crippen molar-refractivity contribution in [3.63, 3.8) is 0 Å². The molecule has 1 nitrogen and oxygen atoms in total. The van der Waals surface area contributed by atoms with E-state index in [9.17, 15) is 4.79 Å². The van der Waals surface area contributed by atoms with Crippen LogP contribution in [-0.2, 0) is 12.8 Å². The standard InChI is InChI=1S/C11H12O/c1-8-5-9-3-2-4-11(9)10(6-8)7-12/h5-7H,2-4H2,1H3. The minimum Gasteiger partial charge on any atom is -0.298 e. The van der Waals surface area contributed by atoms with Crippen molar-refractivity contribution in [3.8, 4) is 0 Å². The van der Waals surface area contributed by atoms with E-state index >= 15 is 0 Å². The van der Waals surface area contributed by atoms with Gasteiger partial charge in [-0.1, -0.05) is 11.6 Å². The van der Waals surface area contributed by atoms with Crippen LogP contribution in [-0.4, -0.2) is 6.29 Å². The first-order valence-electron chi connectivity index (χ1n) is 4.39. The molecule has 1 aromatic rings. The molecular weight excluding hydrogens is 148 g/mol. The lowest BCUT2D eigenvalue weighted by Crippen LogP contribution is -1.92. The Morgan fingerprint density at radius 2 is 2.17 bits per heavy atom. The summed E-state index contributed by atoms with van der Waals surface area (Å²) >= 11 is 0. The maximum Gasteiger partial charge on any atom is 0.150 e. The second kappa shape index (κ2) is 2.74. The average molecular weight is 160 g/mol. The number of aryl methyl sites for hydroxylation is 2. The number of fused-ring (bicyclic) bond motifs is 1. The van der Waals surface area contributed by atoms with Crippen molar-refractivity contribution in [2.45, 2.75) is 26.2 Å². The van der Waals surface area contributed by atoms with Gasteiger partial charge in [-0.3, -0.25) is 4.79 Å². The fraction of sp³-hybridized carbons (Fsp3) is 0.364. The molecule has 0 radical (unpaired) electrons. The zero-order valence-corrected chi connectivity index (χ0v) is 7.26. The molecule has 0 heterocycles. The fourth-order valence-electron chi connectivity index (χ4n) is 2.01. The van der Waals surface area contributed by atoms with Gasteiger partial charge >= 0.3 is 0 Å². The molecule has 0 bridgehead atoms. The van der Waals surface area contributed by atoms with Crippen LogP contribution in [0.4, 0.5) is 0 Å².